The molecule has 0 spiro atoms. The van der Waals surface area contributed by atoms with Gasteiger partial charge < -0.3 is 14.8 Å². The number of nitrogens with one attached hydrogen (secondary N) is 1. The molecule has 0 aliphatic carbocycles. The van der Waals surface area contributed by atoms with Crippen LogP contribution in [0.15, 0.2) is 39.9 Å². The maximum Gasteiger partial charge on any atom is 0.231 e. The highest BCUT2D eigenvalue weighted by Gasteiger charge is 2.33. The van der Waals surface area contributed by atoms with Crippen molar-refractivity contribution < 1.29 is 22.7 Å². The lowest BCUT2D eigenvalue weighted by Crippen LogP contribution is -2.38. The van der Waals surface area contributed by atoms with Gasteiger partial charge in [-0.3, -0.25) is 4.79 Å². The van der Waals surface area contributed by atoms with E-state index in [0.717, 1.165) is 11.3 Å². The van der Waals surface area contributed by atoms with E-state index < -0.39 is 20.5 Å². The van der Waals surface area contributed by atoms with Gasteiger partial charge in [-0.1, -0.05) is 32.9 Å². The van der Waals surface area contributed by atoms with Crippen LogP contribution in [-0.2, 0) is 14.6 Å². The average Bonchev–Trinajstić information content (AvgIpc) is 3.25. The van der Waals surface area contributed by atoms with E-state index in [-0.39, 0.29) is 23.5 Å². The molecule has 0 radical (unpaired) electrons. The number of fused-ring (bicyclic) bond motifs is 1. The zero-order valence-electron chi connectivity index (χ0n) is 14.8. The van der Waals surface area contributed by atoms with Crippen molar-refractivity contribution in [3.63, 3.8) is 0 Å². The molecule has 26 heavy (non-hydrogen) atoms. The molecule has 140 valence electrons. The van der Waals surface area contributed by atoms with Gasteiger partial charge >= 0.3 is 0 Å². The predicted octanol–water partition coefficient (Wildman–Crippen LogP) is 3.15. The summed E-state index contributed by atoms with van der Waals surface area (Å²) in [5.41, 5.74) is -0.0524. The van der Waals surface area contributed by atoms with Gasteiger partial charge in [0.25, 0.3) is 0 Å². The zero-order chi connectivity index (χ0) is 18.9. The second-order valence-corrected chi connectivity index (χ2v) is 10.3. The van der Waals surface area contributed by atoms with Gasteiger partial charge in [-0.05, 0) is 29.1 Å². The number of ether oxygens (including phenoxy) is 2. The Balaban J connectivity index is 1.95. The van der Waals surface area contributed by atoms with Gasteiger partial charge in [0.05, 0.1) is 0 Å². The zero-order valence-corrected chi connectivity index (χ0v) is 16.4. The topological polar surface area (TPSA) is 81.7 Å². The smallest absolute Gasteiger partial charge is 0.231 e. The summed E-state index contributed by atoms with van der Waals surface area (Å²) in [6.45, 7) is 5.45. The van der Waals surface area contributed by atoms with Crippen LogP contribution in [-0.4, -0.2) is 27.7 Å². The van der Waals surface area contributed by atoms with Gasteiger partial charge in [-0.2, -0.15) is 0 Å². The van der Waals surface area contributed by atoms with Gasteiger partial charge in [0.2, 0.25) is 12.7 Å². The molecule has 6 nitrogen and oxygen atoms in total. The number of carbonyl (C=O) groups is 1. The number of rotatable bonds is 5. The molecule has 1 atom stereocenters. The molecule has 1 aliphatic rings. The Kier molecular flexibility index (Phi) is 4.98. The number of benzene rings is 1. The summed E-state index contributed by atoms with van der Waals surface area (Å²) in [5, 5.41) is 3.58. The molecular weight excluding hydrogens is 374 g/mol. The monoisotopic (exact) mass is 395 g/mol. The van der Waals surface area contributed by atoms with Crippen molar-refractivity contribution in [1.29, 1.82) is 0 Å². The van der Waals surface area contributed by atoms with Crippen LogP contribution >= 0.6 is 11.3 Å². The van der Waals surface area contributed by atoms with Crippen LogP contribution in [0.1, 0.15) is 31.6 Å². The van der Waals surface area contributed by atoms with Gasteiger partial charge in [0.15, 0.2) is 21.3 Å². The molecule has 0 saturated heterocycles. The predicted molar refractivity (Wildman–Crippen MR) is 99.3 cm³/mol. The summed E-state index contributed by atoms with van der Waals surface area (Å²) in [4.78, 5) is 12.3. The fourth-order valence-electron chi connectivity index (χ4n) is 2.54. The molecular formula is C18H21NO5S2. The molecule has 0 saturated carbocycles. The first-order valence-corrected chi connectivity index (χ1v) is 10.6. The molecule has 1 N–H and O–H groups in total. The van der Waals surface area contributed by atoms with Crippen LogP contribution in [0.5, 0.6) is 11.5 Å². The quantitative estimate of drug-likeness (QED) is 0.841. The highest BCUT2D eigenvalue weighted by atomic mass is 32.2. The number of carbonyl (C=O) groups excluding carboxylic acids is 1. The van der Waals surface area contributed by atoms with Crippen molar-refractivity contribution >= 4 is 27.1 Å². The van der Waals surface area contributed by atoms with Crippen LogP contribution in [0.4, 0.5) is 0 Å². The Morgan fingerprint density at radius 3 is 2.62 bits per heavy atom. The van der Waals surface area contributed by atoms with Gasteiger partial charge in [0, 0.05) is 12.0 Å². The summed E-state index contributed by atoms with van der Waals surface area (Å²) >= 11 is 1.16. The van der Waals surface area contributed by atoms with Crippen molar-refractivity contribution in [2.24, 2.45) is 5.41 Å². The Morgan fingerprint density at radius 2 is 1.96 bits per heavy atom. The maximum atomic E-state index is 13.1. The minimum Gasteiger partial charge on any atom is -0.454 e. The Morgan fingerprint density at radius 1 is 1.23 bits per heavy atom. The molecule has 1 amide bonds. The lowest BCUT2D eigenvalue weighted by atomic mass is 9.95. The van der Waals surface area contributed by atoms with Crippen molar-refractivity contribution in [1.82, 2.24) is 5.32 Å². The fraction of sp³-hybridized carbons (Fsp3) is 0.389. The molecule has 0 bridgehead atoms. The van der Waals surface area contributed by atoms with E-state index in [1.54, 1.807) is 56.5 Å². The van der Waals surface area contributed by atoms with E-state index in [1.807, 2.05) is 0 Å². The maximum absolute atomic E-state index is 13.1. The first kappa shape index (κ1) is 18.7. The number of hydrogen-bond acceptors (Lipinski definition) is 6. The number of thiophene rings is 1. The number of sulfone groups is 1. The molecule has 8 heteroatoms. The molecule has 1 aliphatic heterocycles. The molecule has 2 heterocycles. The van der Waals surface area contributed by atoms with Crippen LogP contribution in [0.2, 0.25) is 0 Å². The van der Waals surface area contributed by atoms with Gasteiger partial charge in [-0.15, -0.1) is 11.3 Å². The molecule has 1 aromatic heterocycles. The van der Waals surface area contributed by atoms with Crippen LogP contribution < -0.4 is 14.8 Å². The van der Waals surface area contributed by atoms with Crippen molar-refractivity contribution in [3.05, 3.63) is 41.3 Å². The Bertz CT molecular complexity index is 898. The van der Waals surface area contributed by atoms with E-state index in [9.17, 15) is 13.2 Å². The molecule has 2 aromatic rings. The van der Waals surface area contributed by atoms with Crippen LogP contribution in [0.3, 0.4) is 0 Å². The second-order valence-electron chi connectivity index (χ2n) is 7.04. The number of amides is 1. The van der Waals surface area contributed by atoms with Gasteiger partial charge in [-0.25, -0.2) is 8.42 Å². The highest BCUT2D eigenvalue weighted by molar-refractivity contribution is 7.93. The third kappa shape index (κ3) is 3.71. The van der Waals surface area contributed by atoms with Crippen molar-refractivity contribution in [2.45, 2.75) is 30.2 Å². The van der Waals surface area contributed by atoms with Crippen molar-refractivity contribution in [3.8, 4) is 11.5 Å². The third-order valence-electron chi connectivity index (χ3n) is 4.05. The van der Waals surface area contributed by atoms with Crippen LogP contribution in [0.25, 0.3) is 0 Å². The average molecular weight is 396 g/mol. The number of hydrogen-bond donors (Lipinski definition) is 1. The lowest BCUT2D eigenvalue weighted by molar-refractivity contribution is -0.128. The van der Waals surface area contributed by atoms with Crippen molar-refractivity contribution in [2.75, 3.05) is 13.3 Å². The second kappa shape index (κ2) is 6.92. The van der Waals surface area contributed by atoms with E-state index in [2.05, 4.69) is 5.32 Å². The van der Waals surface area contributed by atoms with E-state index in [1.165, 1.54) is 0 Å². The first-order valence-electron chi connectivity index (χ1n) is 8.15. The first-order chi connectivity index (χ1) is 12.2. The Hall–Kier alpha value is -2.06. The van der Waals surface area contributed by atoms with Crippen LogP contribution in [0, 0.1) is 5.41 Å². The SMILES string of the molecule is CC(C)(C)C(=O)NC[C@@H](c1ccc2c(c1)OCO2)S(=O)(=O)c1cccs1. The summed E-state index contributed by atoms with van der Waals surface area (Å²) < 4.78 is 37.2. The summed E-state index contributed by atoms with van der Waals surface area (Å²) in [6.07, 6.45) is 0. The summed E-state index contributed by atoms with van der Waals surface area (Å²) in [7, 11) is -3.66. The minimum atomic E-state index is -3.66. The fourth-order valence-corrected chi connectivity index (χ4v) is 5.39. The summed E-state index contributed by atoms with van der Waals surface area (Å²) in [6, 6.07) is 8.34. The van der Waals surface area contributed by atoms with E-state index in [4.69, 9.17) is 9.47 Å². The largest absolute Gasteiger partial charge is 0.454 e. The highest BCUT2D eigenvalue weighted by Crippen LogP contribution is 2.38. The molecule has 0 unspecified atom stereocenters. The molecule has 0 fully saturated rings. The lowest BCUT2D eigenvalue weighted by Gasteiger charge is -2.22. The van der Waals surface area contributed by atoms with Gasteiger partial charge in [0.1, 0.15) is 9.46 Å². The Labute approximate surface area is 157 Å². The standard InChI is InChI=1S/C18H21NO5S2/c1-18(2,3)17(20)19-10-15(26(21,22)16-5-4-8-25-16)12-6-7-13-14(9-12)24-11-23-13/h4-9,15H,10-11H2,1-3H3,(H,19,20)/t15-/m0/s1. The normalized spacial score (nSPS) is 14.9. The van der Waals surface area contributed by atoms with E-state index in [0.29, 0.717) is 17.1 Å². The van der Waals surface area contributed by atoms with E-state index >= 15 is 0 Å². The molecule has 1 aromatic carbocycles. The minimum absolute atomic E-state index is 0.0179. The third-order valence-corrected chi connectivity index (χ3v) is 7.58. The molecule has 3 rings (SSSR count). The summed E-state index contributed by atoms with van der Waals surface area (Å²) in [5.74, 6) is 0.889.